The molecule has 80 valence electrons. The van der Waals surface area contributed by atoms with Gasteiger partial charge in [-0.3, -0.25) is 9.59 Å². The minimum atomic E-state index is -0.982. The average molecular weight is 199 g/mol. The van der Waals surface area contributed by atoms with E-state index in [9.17, 15) is 9.59 Å². The number of hydrogen-bond donors (Lipinski definition) is 2. The summed E-state index contributed by atoms with van der Waals surface area (Å²) in [5.74, 6) is -1.08. The van der Waals surface area contributed by atoms with Gasteiger partial charge in [0.25, 0.3) is 0 Å². The molecule has 14 heavy (non-hydrogen) atoms. The number of amides is 1. The molecule has 2 N–H and O–H groups in total. The van der Waals surface area contributed by atoms with E-state index < -0.39 is 12.0 Å². The molecule has 1 saturated carbocycles. The molecule has 4 nitrogen and oxygen atoms in total. The van der Waals surface area contributed by atoms with E-state index in [0.29, 0.717) is 0 Å². The maximum Gasteiger partial charge on any atom is 0.325 e. The lowest BCUT2D eigenvalue weighted by Gasteiger charge is -2.39. The highest BCUT2D eigenvalue weighted by atomic mass is 16.4. The van der Waals surface area contributed by atoms with E-state index in [2.05, 4.69) is 5.32 Å². The van der Waals surface area contributed by atoms with Crippen molar-refractivity contribution in [3.8, 4) is 0 Å². The Labute approximate surface area is 83.7 Å². The number of aliphatic carboxylic acids is 1. The molecule has 0 radical (unpaired) electrons. The fourth-order valence-electron chi connectivity index (χ4n) is 1.76. The number of carboxylic acids is 1. The molecule has 0 aliphatic heterocycles. The summed E-state index contributed by atoms with van der Waals surface area (Å²) in [6.45, 7) is 3.46. The number of nitrogens with one attached hydrogen (secondary N) is 1. The van der Waals surface area contributed by atoms with Gasteiger partial charge in [-0.25, -0.2) is 0 Å². The summed E-state index contributed by atoms with van der Waals surface area (Å²) in [7, 11) is 0. The normalized spacial score (nSPS) is 20.7. The summed E-state index contributed by atoms with van der Waals surface area (Å²) < 4.78 is 0. The average Bonchev–Trinajstić information content (AvgIpc) is 2.02. The third kappa shape index (κ3) is 1.89. The van der Waals surface area contributed by atoms with Gasteiger partial charge in [-0.1, -0.05) is 13.3 Å². The fraction of sp³-hybridized carbons (Fsp3) is 0.800. The van der Waals surface area contributed by atoms with E-state index in [1.54, 1.807) is 0 Å². The molecule has 0 heterocycles. The first-order chi connectivity index (χ1) is 6.52. The Bertz CT molecular complexity index is 240. The van der Waals surface area contributed by atoms with Gasteiger partial charge in [-0.2, -0.15) is 0 Å². The van der Waals surface area contributed by atoms with E-state index in [4.69, 9.17) is 5.11 Å². The number of carbonyl (C=O) groups excluding carboxylic acids is 1. The molecule has 4 heteroatoms. The highest BCUT2D eigenvalue weighted by molar-refractivity contribution is 5.87. The molecule has 1 unspecified atom stereocenters. The summed E-state index contributed by atoms with van der Waals surface area (Å²) in [4.78, 5) is 22.3. The lowest BCUT2D eigenvalue weighted by molar-refractivity contribution is -0.145. The zero-order chi connectivity index (χ0) is 10.8. The molecule has 1 aliphatic carbocycles. The van der Waals surface area contributed by atoms with Gasteiger partial charge in [0.1, 0.15) is 6.04 Å². The van der Waals surface area contributed by atoms with Crippen LogP contribution in [0.25, 0.3) is 0 Å². The van der Waals surface area contributed by atoms with Gasteiger partial charge in [0.2, 0.25) is 5.91 Å². The first-order valence-corrected chi connectivity index (χ1v) is 5.05. The molecule has 0 spiro atoms. The lowest BCUT2D eigenvalue weighted by atomic mass is 9.66. The van der Waals surface area contributed by atoms with Gasteiger partial charge >= 0.3 is 5.97 Å². The second kappa shape index (κ2) is 3.98. The SMILES string of the molecule is CCC1(C(=O)NC(C)C(=O)O)CCC1. The highest BCUT2D eigenvalue weighted by Crippen LogP contribution is 2.43. The van der Waals surface area contributed by atoms with E-state index in [0.717, 1.165) is 25.7 Å². The second-order valence-electron chi connectivity index (χ2n) is 4.02. The molecule has 0 aromatic rings. The maximum atomic E-state index is 11.7. The van der Waals surface area contributed by atoms with Gasteiger partial charge in [-0.05, 0) is 26.2 Å². The van der Waals surface area contributed by atoms with Crippen LogP contribution in [-0.2, 0) is 9.59 Å². The zero-order valence-electron chi connectivity index (χ0n) is 8.67. The Kier molecular flexibility index (Phi) is 3.13. The summed E-state index contributed by atoms with van der Waals surface area (Å²) >= 11 is 0. The lowest BCUT2D eigenvalue weighted by Crippen LogP contribution is -2.50. The summed E-state index contributed by atoms with van der Waals surface area (Å²) in [6.07, 6.45) is 3.65. The van der Waals surface area contributed by atoms with Gasteiger partial charge in [0, 0.05) is 5.41 Å². The monoisotopic (exact) mass is 199 g/mol. The molecule has 1 amide bonds. The van der Waals surface area contributed by atoms with Crippen LogP contribution in [-0.4, -0.2) is 23.0 Å². The first kappa shape index (κ1) is 11.0. The number of hydrogen-bond acceptors (Lipinski definition) is 2. The molecule has 1 rings (SSSR count). The molecule has 0 saturated heterocycles. The van der Waals surface area contributed by atoms with E-state index >= 15 is 0 Å². The van der Waals surface area contributed by atoms with Gasteiger partial charge in [-0.15, -0.1) is 0 Å². The molecular formula is C10H17NO3. The minimum Gasteiger partial charge on any atom is -0.480 e. The minimum absolute atomic E-state index is 0.0962. The van der Waals surface area contributed by atoms with E-state index in [1.807, 2.05) is 6.92 Å². The van der Waals surface area contributed by atoms with Gasteiger partial charge in [0.05, 0.1) is 0 Å². The Morgan fingerprint density at radius 3 is 2.36 bits per heavy atom. The Morgan fingerprint density at radius 2 is 2.07 bits per heavy atom. The Hall–Kier alpha value is -1.06. The van der Waals surface area contributed by atoms with Crippen molar-refractivity contribution in [3.05, 3.63) is 0 Å². The van der Waals surface area contributed by atoms with Gasteiger partial charge in [0.15, 0.2) is 0 Å². The van der Waals surface area contributed by atoms with Crippen LogP contribution in [0.2, 0.25) is 0 Å². The van der Waals surface area contributed by atoms with Crippen molar-refractivity contribution in [1.29, 1.82) is 0 Å². The van der Waals surface area contributed by atoms with Crippen molar-refractivity contribution >= 4 is 11.9 Å². The maximum absolute atomic E-state index is 11.7. The first-order valence-electron chi connectivity index (χ1n) is 5.05. The highest BCUT2D eigenvalue weighted by Gasteiger charge is 2.42. The molecule has 0 aromatic heterocycles. The van der Waals surface area contributed by atoms with Crippen molar-refractivity contribution in [1.82, 2.24) is 5.32 Å². The van der Waals surface area contributed by atoms with Crippen LogP contribution >= 0.6 is 0 Å². The molecule has 1 fully saturated rings. The summed E-state index contributed by atoms with van der Waals surface area (Å²) in [5.41, 5.74) is -0.274. The van der Waals surface area contributed by atoms with Crippen molar-refractivity contribution in [3.63, 3.8) is 0 Å². The molecular weight excluding hydrogens is 182 g/mol. The molecule has 0 bridgehead atoms. The predicted octanol–water partition coefficient (Wildman–Crippen LogP) is 1.16. The topological polar surface area (TPSA) is 66.4 Å². The van der Waals surface area contributed by atoms with Crippen LogP contribution in [0.1, 0.15) is 39.5 Å². The standard InChI is InChI=1S/C10H17NO3/c1-3-10(5-4-6-10)9(14)11-7(2)8(12)13/h7H,3-6H2,1-2H3,(H,11,14)(H,12,13). The zero-order valence-corrected chi connectivity index (χ0v) is 8.67. The van der Waals surface area contributed by atoms with Crippen LogP contribution in [0.3, 0.4) is 0 Å². The van der Waals surface area contributed by atoms with E-state index in [1.165, 1.54) is 6.92 Å². The summed E-state index contributed by atoms with van der Waals surface area (Å²) in [6, 6.07) is -0.786. The third-order valence-electron chi connectivity index (χ3n) is 3.19. The number of rotatable bonds is 4. The quantitative estimate of drug-likeness (QED) is 0.714. The van der Waals surface area contributed by atoms with E-state index in [-0.39, 0.29) is 11.3 Å². The Balaban J connectivity index is 2.53. The van der Waals surface area contributed by atoms with Crippen molar-refractivity contribution in [2.75, 3.05) is 0 Å². The van der Waals surface area contributed by atoms with Crippen LogP contribution in [0.15, 0.2) is 0 Å². The molecule has 1 atom stereocenters. The van der Waals surface area contributed by atoms with Crippen LogP contribution in [0.5, 0.6) is 0 Å². The van der Waals surface area contributed by atoms with Crippen molar-refractivity contribution < 1.29 is 14.7 Å². The number of carbonyl (C=O) groups is 2. The Morgan fingerprint density at radius 1 is 1.50 bits per heavy atom. The smallest absolute Gasteiger partial charge is 0.325 e. The fourth-order valence-corrected chi connectivity index (χ4v) is 1.76. The third-order valence-corrected chi connectivity index (χ3v) is 3.19. The van der Waals surface area contributed by atoms with Crippen LogP contribution in [0, 0.1) is 5.41 Å². The van der Waals surface area contributed by atoms with Crippen LogP contribution < -0.4 is 5.32 Å². The predicted molar refractivity (Wildman–Crippen MR) is 51.8 cm³/mol. The largest absolute Gasteiger partial charge is 0.480 e. The van der Waals surface area contributed by atoms with Crippen molar-refractivity contribution in [2.45, 2.75) is 45.6 Å². The van der Waals surface area contributed by atoms with Gasteiger partial charge < -0.3 is 10.4 Å². The number of carboxylic acid groups (broad SMARTS) is 1. The summed E-state index contributed by atoms with van der Waals surface area (Å²) in [5, 5.41) is 11.2. The molecule has 0 aromatic carbocycles. The van der Waals surface area contributed by atoms with Crippen molar-refractivity contribution in [2.24, 2.45) is 5.41 Å². The molecule has 1 aliphatic rings. The second-order valence-corrected chi connectivity index (χ2v) is 4.02. The van der Waals surface area contributed by atoms with Crippen LogP contribution in [0.4, 0.5) is 0 Å².